The Morgan fingerprint density at radius 3 is 3.00 bits per heavy atom. The van der Waals surface area contributed by atoms with Crippen LogP contribution in [0.25, 0.3) is 11.1 Å². The van der Waals surface area contributed by atoms with Gasteiger partial charge in [0.25, 0.3) is 0 Å². The average Bonchev–Trinajstić information content (AvgIpc) is 2.47. The van der Waals surface area contributed by atoms with Gasteiger partial charge in [-0.2, -0.15) is 0 Å². The number of furan rings is 1. The fourth-order valence-electron chi connectivity index (χ4n) is 1.72. The molecule has 2 rings (SSSR count). The fourth-order valence-corrected chi connectivity index (χ4v) is 1.72. The molecule has 0 aliphatic rings. The second-order valence-electron chi connectivity index (χ2n) is 3.57. The molecule has 0 saturated heterocycles. The molecule has 0 radical (unpaired) electrons. The Labute approximate surface area is 79.0 Å². The van der Waals surface area contributed by atoms with Crippen LogP contribution >= 0.6 is 0 Å². The second-order valence-corrected chi connectivity index (χ2v) is 3.57. The number of rotatable bonds is 1. The summed E-state index contributed by atoms with van der Waals surface area (Å²) in [6.45, 7) is 6.26. The lowest BCUT2D eigenvalue weighted by atomic mass is 9.97. The number of hydrogen-bond donors (Lipinski definition) is 0. The summed E-state index contributed by atoms with van der Waals surface area (Å²) in [7, 11) is 0. The van der Waals surface area contributed by atoms with Crippen molar-refractivity contribution >= 4 is 11.1 Å². The van der Waals surface area contributed by atoms with E-state index in [-0.39, 0.29) is 0 Å². The molecule has 2 aromatic rings. The van der Waals surface area contributed by atoms with Gasteiger partial charge in [0.15, 0.2) is 0 Å². The lowest BCUT2D eigenvalue weighted by molar-refractivity contribution is 0.602. The van der Waals surface area contributed by atoms with E-state index in [1.807, 2.05) is 6.92 Å². The molecule has 0 atom stereocenters. The zero-order chi connectivity index (χ0) is 10.3. The third kappa shape index (κ3) is 1.22. The van der Waals surface area contributed by atoms with Crippen molar-refractivity contribution in [2.45, 2.75) is 26.7 Å². The summed E-state index contributed by atoms with van der Waals surface area (Å²) in [6, 6.07) is 0.430. The molecule has 0 aliphatic carbocycles. The molecule has 68 valence electrons. The van der Waals surface area contributed by atoms with Gasteiger partial charge in [0, 0.05) is 11.6 Å². The molecular weight excluding hydrogens is 162 g/mol. The van der Waals surface area contributed by atoms with E-state index in [0.29, 0.717) is 17.7 Å². The molecule has 0 spiro atoms. The lowest BCUT2D eigenvalue weighted by Crippen LogP contribution is -1.93. The maximum absolute atomic E-state index is 7.74. The molecule has 0 unspecified atom stereocenters. The van der Waals surface area contributed by atoms with Gasteiger partial charge in [-0.1, -0.05) is 13.8 Å². The van der Waals surface area contributed by atoms with E-state index in [9.17, 15) is 0 Å². The van der Waals surface area contributed by atoms with E-state index in [4.69, 9.17) is 5.79 Å². The van der Waals surface area contributed by atoms with E-state index in [2.05, 4.69) is 18.8 Å². The molecule has 0 fully saturated rings. The highest BCUT2D eigenvalue weighted by atomic mass is 16.3. The van der Waals surface area contributed by atoms with Gasteiger partial charge in [0.2, 0.25) is 5.71 Å². The van der Waals surface area contributed by atoms with Crippen molar-refractivity contribution in [2.24, 2.45) is 0 Å². The fraction of sp³-hybridized carbons (Fsp3) is 0.364. The SMILES string of the molecule is [2H]c1coc2ncc(C)c(C(C)C)c12. The van der Waals surface area contributed by atoms with Gasteiger partial charge in [-0.3, -0.25) is 0 Å². The third-order valence-corrected chi connectivity index (χ3v) is 2.23. The monoisotopic (exact) mass is 176 g/mol. The topological polar surface area (TPSA) is 26.0 Å². The zero-order valence-electron chi connectivity index (χ0n) is 9.09. The van der Waals surface area contributed by atoms with Crippen LogP contribution < -0.4 is 0 Å². The van der Waals surface area contributed by atoms with E-state index < -0.39 is 0 Å². The summed E-state index contributed by atoms with van der Waals surface area (Å²) in [5.41, 5.74) is 2.88. The normalized spacial score (nSPS) is 12.5. The largest absolute Gasteiger partial charge is 0.446 e. The van der Waals surface area contributed by atoms with Crippen LogP contribution in [0.1, 0.15) is 32.3 Å². The Kier molecular flexibility index (Phi) is 1.58. The van der Waals surface area contributed by atoms with Crippen LogP contribution in [0, 0.1) is 6.92 Å². The first-order chi connectivity index (χ1) is 6.61. The Bertz CT molecular complexity index is 473. The van der Waals surface area contributed by atoms with Crippen molar-refractivity contribution < 1.29 is 5.79 Å². The van der Waals surface area contributed by atoms with E-state index in [1.54, 1.807) is 6.20 Å². The van der Waals surface area contributed by atoms with Crippen LogP contribution in [0.4, 0.5) is 0 Å². The number of aryl methyl sites for hydroxylation is 1. The molecule has 0 saturated carbocycles. The lowest BCUT2D eigenvalue weighted by Gasteiger charge is -2.09. The van der Waals surface area contributed by atoms with Gasteiger partial charge >= 0.3 is 0 Å². The minimum absolute atomic E-state index is 0.391. The highest BCUT2D eigenvalue weighted by molar-refractivity contribution is 5.79. The smallest absolute Gasteiger partial charge is 0.226 e. The van der Waals surface area contributed by atoms with Crippen molar-refractivity contribution in [1.82, 2.24) is 4.98 Å². The summed E-state index contributed by atoms with van der Waals surface area (Å²) >= 11 is 0. The van der Waals surface area contributed by atoms with E-state index in [1.165, 1.54) is 11.8 Å². The van der Waals surface area contributed by atoms with E-state index >= 15 is 0 Å². The first-order valence-corrected chi connectivity index (χ1v) is 4.44. The van der Waals surface area contributed by atoms with Gasteiger partial charge in [0.1, 0.15) is 0 Å². The molecule has 0 aromatic carbocycles. The predicted octanol–water partition coefficient (Wildman–Crippen LogP) is 3.26. The van der Waals surface area contributed by atoms with E-state index in [0.717, 1.165) is 10.9 Å². The minimum Gasteiger partial charge on any atom is -0.446 e. The van der Waals surface area contributed by atoms with Crippen molar-refractivity contribution in [3.8, 4) is 0 Å². The molecule has 0 N–H and O–H groups in total. The Morgan fingerprint density at radius 2 is 2.31 bits per heavy atom. The molecule has 2 aromatic heterocycles. The number of pyridine rings is 1. The first-order valence-electron chi connectivity index (χ1n) is 4.94. The van der Waals surface area contributed by atoms with Crippen molar-refractivity contribution in [2.75, 3.05) is 0 Å². The highest BCUT2D eigenvalue weighted by Gasteiger charge is 2.10. The minimum atomic E-state index is 0.391. The molecule has 0 amide bonds. The standard InChI is InChI=1S/C11H13NO/c1-7(2)10-8(3)6-12-11-9(10)4-5-13-11/h4-7H,1-3H3/i4D. The van der Waals surface area contributed by atoms with Crippen LogP contribution in [0.3, 0.4) is 0 Å². The van der Waals surface area contributed by atoms with Crippen LogP contribution in [-0.4, -0.2) is 4.98 Å². The van der Waals surface area contributed by atoms with Gasteiger partial charge in [-0.25, -0.2) is 4.98 Å². The molecule has 2 nitrogen and oxygen atoms in total. The third-order valence-electron chi connectivity index (χ3n) is 2.23. The van der Waals surface area contributed by atoms with Gasteiger partial charge < -0.3 is 4.42 Å². The van der Waals surface area contributed by atoms with Gasteiger partial charge in [-0.15, -0.1) is 0 Å². The summed E-state index contributed by atoms with van der Waals surface area (Å²) in [5, 5.41) is 0.861. The number of hydrogen-bond acceptors (Lipinski definition) is 2. The molecular formula is C11H13NO. The van der Waals surface area contributed by atoms with Crippen LogP contribution in [0.15, 0.2) is 22.9 Å². The first kappa shape index (κ1) is 7.13. The molecule has 2 heterocycles. The number of fused-ring (bicyclic) bond motifs is 1. The predicted molar refractivity (Wildman–Crippen MR) is 52.8 cm³/mol. The number of aromatic nitrogens is 1. The quantitative estimate of drug-likeness (QED) is 0.666. The Balaban J connectivity index is 2.87. The zero-order valence-corrected chi connectivity index (χ0v) is 8.09. The maximum Gasteiger partial charge on any atom is 0.226 e. The molecule has 2 heteroatoms. The van der Waals surface area contributed by atoms with Crippen LogP contribution in [-0.2, 0) is 0 Å². The van der Waals surface area contributed by atoms with Gasteiger partial charge in [0.05, 0.1) is 7.63 Å². The maximum atomic E-state index is 7.74. The molecule has 0 aliphatic heterocycles. The Hall–Kier alpha value is -1.31. The van der Waals surface area contributed by atoms with Crippen LogP contribution in [0.2, 0.25) is 0 Å². The number of nitrogens with zero attached hydrogens (tertiary/aromatic N) is 1. The summed E-state index contributed by atoms with van der Waals surface area (Å²) in [6.07, 6.45) is 3.25. The highest BCUT2D eigenvalue weighted by Crippen LogP contribution is 2.27. The summed E-state index contributed by atoms with van der Waals surface area (Å²) in [4.78, 5) is 4.16. The second kappa shape index (κ2) is 2.87. The van der Waals surface area contributed by atoms with Crippen molar-refractivity contribution in [3.05, 3.63) is 29.6 Å². The van der Waals surface area contributed by atoms with Crippen molar-refractivity contribution in [1.29, 1.82) is 0 Å². The summed E-state index contributed by atoms with van der Waals surface area (Å²) < 4.78 is 12.9. The molecule has 13 heavy (non-hydrogen) atoms. The summed E-state index contributed by atoms with van der Waals surface area (Å²) in [5.74, 6) is 0.391. The average molecular weight is 176 g/mol. The van der Waals surface area contributed by atoms with Crippen molar-refractivity contribution in [3.63, 3.8) is 0 Å². The Morgan fingerprint density at radius 1 is 1.54 bits per heavy atom. The van der Waals surface area contributed by atoms with Gasteiger partial charge in [-0.05, 0) is 30.0 Å². The molecule has 0 bridgehead atoms. The van der Waals surface area contributed by atoms with Crippen LogP contribution in [0.5, 0.6) is 0 Å².